The van der Waals surface area contributed by atoms with Gasteiger partial charge in [-0.05, 0) is 50.1 Å². The van der Waals surface area contributed by atoms with E-state index in [-0.39, 0.29) is 16.9 Å². The average molecular weight is 365 g/mol. The van der Waals surface area contributed by atoms with Gasteiger partial charge >= 0.3 is 0 Å². The molecule has 4 nitrogen and oxygen atoms in total. The minimum absolute atomic E-state index is 0.254. The lowest BCUT2D eigenvalue weighted by molar-refractivity contribution is -0.130. The first-order valence-corrected chi connectivity index (χ1v) is 8.58. The van der Waals surface area contributed by atoms with Crippen molar-refractivity contribution in [3.05, 3.63) is 83.2 Å². The van der Waals surface area contributed by atoms with E-state index in [2.05, 4.69) is 5.32 Å². The largest absolute Gasteiger partial charge is 0.507 e. The van der Waals surface area contributed by atoms with E-state index in [1.807, 2.05) is 38.1 Å². The Morgan fingerprint density at radius 1 is 1.07 bits per heavy atom. The maximum Gasteiger partial charge on any atom is 0.229 e. The van der Waals surface area contributed by atoms with Crippen LogP contribution in [0.25, 0.3) is 11.5 Å². The number of hydrogen-bond donors (Lipinski definition) is 2. The van der Waals surface area contributed by atoms with Gasteiger partial charge in [-0.2, -0.15) is 0 Å². The first-order valence-electron chi connectivity index (χ1n) is 8.58. The third kappa shape index (κ3) is 4.31. The van der Waals surface area contributed by atoms with Crippen molar-refractivity contribution in [1.29, 1.82) is 0 Å². The Kier molecular flexibility index (Phi) is 4.95. The predicted octanol–water partition coefficient (Wildman–Crippen LogP) is 3.83. The van der Waals surface area contributed by atoms with Crippen LogP contribution in [0.4, 0.5) is 4.39 Å². The summed E-state index contributed by atoms with van der Waals surface area (Å²) in [6.45, 7) is 4.03. The zero-order valence-electron chi connectivity index (χ0n) is 15.1. The molecule has 0 saturated carbocycles. The zero-order valence-corrected chi connectivity index (χ0v) is 15.1. The van der Waals surface area contributed by atoms with Gasteiger partial charge in [0.2, 0.25) is 11.6 Å². The second-order valence-corrected chi connectivity index (χ2v) is 7.17. The lowest BCUT2D eigenvalue weighted by Crippen LogP contribution is -2.44. The summed E-state index contributed by atoms with van der Waals surface area (Å²) in [6.07, 6.45) is 2.91. The second-order valence-electron chi connectivity index (χ2n) is 7.17. The summed E-state index contributed by atoms with van der Waals surface area (Å²) in [5.74, 6) is -2.45. The lowest BCUT2D eigenvalue weighted by atomic mass is 9.85. The van der Waals surface area contributed by atoms with Crippen LogP contribution < -0.4 is 5.32 Å². The first-order chi connectivity index (χ1) is 12.7. The van der Waals surface area contributed by atoms with Crippen molar-refractivity contribution in [1.82, 2.24) is 5.32 Å². The monoisotopic (exact) mass is 365 g/mol. The number of allylic oxidation sites excluding steroid dienone is 2. The van der Waals surface area contributed by atoms with Gasteiger partial charge in [-0.15, -0.1) is 0 Å². The van der Waals surface area contributed by atoms with Gasteiger partial charge in [0.25, 0.3) is 0 Å². The van der Waals surface area contributed by atoms with Crippen molar-refractivity contribution in [2.75, 3.05) is 0 Å². The molecule has 2 aromatic carbocycles. The summed E-state index contributed by atoms with van der Waals surface area (Å²) in [4.78, 5) is 24.6. The number of halogens is 1. The highest BCUT2D eigenvalue weighted by molar-refractivity contribution is 6.47. The Morgan fingerprint density at radius 3 is 2.44 bits per heavy atom. The molecule has 1 aliphatic rings. The molecule has 1 heterocycles. The molecule has 138 valence electrons. The molecule has 3 rings (SSSR count). The molecule has 2 N–H and O–H groups in total. The molecular formula is C22H20FNO3. The van der Waals surface area contributed by atoms with Gasteiger partial charge in [0.05, 0.1) is 0 Å². The Balaban J connectivity index is 1.86. The molecule has 0 unspecified atom stereocenters. The van der Waals surface area contributed by atoms with E-state index < -0.39 is 17.4 Å². The van der Waals surface area contributed by atoms with Crippen molar-refractivity contribution in [3.8, 4) is 0 Å². The van der Waals surface area contributed by atoms with Gasteiger partial charge in [0.1, 0.15) is 11.6 Å². The molecule has 0 atom stereocenters. The fraction of sp³-hybridized carbons (Fsp3) is 0.182. The van der Waals surface area contributed by atoms with Gasteiger partial charge < -0.3 is 10.4 Å². The van der Waals surface area contributed by atoms with Gasteiger partial charge in [0, 0.05) is 34.5 Å². The number of carbonyl (C=O) groups is 2. The van der Waals surface area contributed by atoms with Crippen LogP contribution in [0.2, 0.25) is 0 Å². The third-order valence-electron chi connectivity index (χ3n) is 4.34. The molecule has 5 heteroatoms. The molecule has 0 saturated heterocycles. The van der Waals surface area contributed by atoms with Crippen molar-refractivity contribution in [2.24, 2.45) is 0 Å². The van der Waals surface area contributed by atoms with Crippen LogP contribution in [0.5, 0.6) is 0 Å². The fourth-order valence-corrected chi connectivity index (χ4v) is 3.10. The third-order valence-corrected chi connectivity index (χ3v) is 4.34. The van der Waals surface area contributed by atoms with E-state index in [1.165, 1.54) is 30.3 Å². The number of ketones is 2. The van der Waals surface area contributed by atoms with E-state index >= 15 is 0 Å². The summed E-state index contributed by atoms with van der Waals surface area (Å²) in [7, 11) is 0. The number of fused-ring (bicyclic) bond motifs is 1. The number of nitrogens with one attached hydrogen (secondary N) is 1. The smallest absolute Gasteiger partial charge is 0.229 e. The molecular weight excluding hydrogens is 345 g/mol. The molecule has 0 amide bonds. The first kappa shape index (κ1) is 18.6. The molecule has 0 fully saturated rings. The molecule has 0 aromatic heterocycles. The standard InChI is InChI=1S/C22H20FNO3/c1-22(2)13-15-5-3-4-6-17(15)18(24-22)11-20(26)21(27)12-19(25)14-7-9-16(23)10-8-14/h3-12,24-25H,13H2,1-2H3/b18-11-,19-12-. The van der Waals surface area contributed by atoms with Crippen molar-refractivity contribution in [2.45, 2.75) is 25.8 Å². The van der Waals surface area contributed by atoms with E-state index in [0.29, 0.717) is 5.70 Å². The Labute approximate surface area is 157 Å². The lowest BCUT2D eigenvalue weighted by Gasteiger charge is -2.35. The summed E-state index contributed by atoms with van der Waals surface area (Å²) < 4.78 is 12.9. The van der Waals surface area contributed by atoms with Crippen LogP contribution in [0.1, 0.15) is 30.5 Å². The number of benzene rings is 2. The predicted molar refractivity (Wildman–Crippen MR) is 102 cm³/mol. The van der Waals surface area contributed by atoms with Crippen molar-refractivity contribution in [3.63, 3.8) is 0 Å². The minimum Gasteiger partial charge on any atom is -0.507 e. The number of aliphatic hydroxyl groups excluding tert-OH is 1. The topological polar surface area (TPSA) is 66.4 Å². The zero-order chi connectivity index (χ0) is 19.6. The summed E-state index contributed by atoms with van der Waals surface area (Å²) in [5.41, 5.74) is 2.56. The quantitative estimate of drug-likeness (QED) is 0.491. The average Bonchev–Trinajstić information content (AvgIpc) is 2.61. The van der Waals surface area contributed by atoms with Crippen LogP contribution in [-0.2, 0) is 16.0 Å². The van der Waals surface area contributed by atoms with Gasteiger partial charge in [0.15, 0.2) is 0 Å². The second kappa shape index (κ2) is 7.19. The molecule has 1 aliphatic heterocycles. The van der Waals surface area contributed by atoms with Gasteiger partial charge in [-0.1, -0.05) is 24.3 Å². The summed E-state index contributed by atoms with van der Waals surface area (Å²) in [6, 6.07) is 12.7. The molecule has 27 heavy (non-hydrogen) atoms. The summed E-state index contributed by atoms with van der Waals surface area (Å²) >= 11 is 0. The molecule has 0 aliphatic carbocycles. The number of rotatable bonds is 4. The molecule has 2 aromatic rings. The van der Waals surface area contributed by atoms with Crippen LogP contribution in [0, 0.1) is 5.82 Å². The van der Waals surface area contributed by atoms with E-state index in [0.717, 1.165) is 23.6 Å². The highest BCUT2D eigenvalue weighted by Gasteiger charge is 2.28. The maximum atomic E-state index is 12.9. The molecule has 0 bridgehead atoms. The minimum atomic E-state index is -0.855. The van der Waals surface area contributed by atoms with Crippen LogP contribution in [0.3, 0.4) is 0 Å². The van der Waals surface area contributed by atoms with E-state index in [4.69, 9.17) is 0 Å². The SMILES string of the molecule is CC1(C)Cc2ccccc2/C(=C/C(=O)C(=O)/C=C(\O)c2ccc(F)cc2)N1. The van der Waals surface area contributed by atoms with Crippen molar-refractivity contribution < 1.29 is 19.1 Å². The van der Waals surface area contributed by atoms with E-state index in [9.17, 15) is 19.1 Å². The van der Waals surface area contributed by atoms with Gasteiger partial charge in [-0.3, -0.25) is 9.59 Å². The fourth-order valence-electron chi connectivity index (χ4n) is 3.10. The van der Waals surface area contributed by atoms with Crippen LogP contribution in [0.15, 0.2) is 60.7 Å². The highest BCUT2D eigenvalue weighted by atomic mass is 19.1. The highest BCUT2D eigenvalue weighted by Crippen LogP contribution is 2.29. The summed E-state index contributed by atoms with van der Waals surface area (Å²) in [5, 5.41) is 13.3. The number of hydrogen-bond acceptors (Lipinski definition) is 4. The number of carbonyl (C=O) groups excluding carboxylic acids is 2. The van der Waals surface area contributed by atoms with Crippen LogP contribution in [-0.4, -0.2) is 22.2 Å². The van der Waals surface area contributed by atoms with Gasteiger partial charge in [-0.25, -0.2) is 4.39 Å². The van der Waals surface area contributed by atoms with Crippen molar-refractivity contribution >= 4 is 23.0 Å². The number of aliphatic hydroxyl groups is 1. The van der Waals surface area contributed by atoms with E-state index in [1.54, 1.807) is 0 Å². The molecule has 0 spiro atoms. The Morgan fingerprint density at radius 2 is 1.74 bits per heavy atom. The maximum absolute atomic E-state index is 12.9. The Bertz CT molecular complexity index is 956. The normalized spacial score (nSPS) is 17.1. The Hall–Kier alpha value is -3.21. The molecule has 0 radical (unpaired) electrons. The van der Waals surface area contributed by atoms with Crippen LogP contribution >= 0.6 is 0 Å².